The second kappa shape index (κ2) is 5.78. The molecule has 0 bridgehead atoms. The van der Waals surface area contributed by atoms with E-state index in [4.69, 9.17) is 5.73 Å². The predicted molar refractivity (Wildman–Crippen MR) is 65.1 cm³/mol. The Labute approximate surface area is 107 Å². The van der Waals surface area contributed by atoms with Crippen molar-refractivity contribution in [3.05, 3.63) is 0 Å². The lowest BCUT2D eigenvalue weighted by Crippen LogP contribution is -2.51. The van der Waals surface area contributed by atoms with Gasteiger partial charge >= 0.3 is 6.18 Å². The van der Waals surface area contributed by atoms with Crippen molar-refractivity contribution in [1.82, 2.24) is 0 Å². The standard InChI is InChI=1S/C13H24F3NO/c1-11(18,6-5-9-13(14,15)16)12(10-17)7-3-2-4-8-12/h18H,2-10,17H2,1H3. The summed E-state index contributed by atoms with van der Waals surface area (Å²) in [5.74, 6) is 0. The first kappa shape index (κ1) is 15.8. The minimum absolute atomic E-state index is 0.0295. The zero-order chi connectivity index (χ0) is 13.9. The molecular weight excluding hydrogens is 243 g/mol. The van der Waals surface area contributed by atoms with Crippen LogP contribution in [0.3, 0.4) is 0 Å². The Morgan fingerprint density at radius 2 is 1.67 bits per heavy atom. The lowest BCUT2D eigenvalue weighted by molar-refractivity contribution is -0.143. The fraction of sp³-hybridized carbons (Fsp3) is 1.00. The van der Waals surface area contributed by atoms with E-state index in [-0.39, 0.29) is 12.8 Å². The lowest BCUT2D eigenvalue weighted by atomic mass is 9.62. The second-order valence-electron chi connectivity index (χ2n) is 5.79. The maximum atomic E-state index is 12.1. The van der Waals surface area contributed by atoms with Gasteiger partial charge in [-0.15, -0.1) is 0 Å². The molecule has 0 spiro atoms. The highest BCUT2D eigenvalue weighted by Crippen LogP contribution is 2.46. The zero-order valence-corrected chi connectivity index (χ0v) is 11.0. The van der Waals surface area contributed by atoms with E-state index in [9.17, 15) is 18.3 Å². The number of rotatable bonds is 5. The van der Waals surface area contributed by atoms with Gasteiger partial charge in [0.05, 0.1) is 5.60 Å². The third-order valence-electron chi connectivity index (χ3n) is 4.47. The number of nitrogens with two attached hydrogens (primary N) is 1. The van der Waals surface area contributed by atoms with Crippen molar-refractivity contribution in [2.45, 2.75) is 70.1 Å². The van der Waals surface area contributed by atoms with Gasteiger partial charge < -0.3 is 10.8 Å². The molecule has 3 N–H and O–H groups in total. The third kappa shape index (κ3) is 3.85. The van der Waals surface area contributed by atoms with E-state index in [1.54, 1.807) is 6.92 Å². The number of alkyl halides is 3. The topological polar surface area (TPSA) is 46.2 Å². The molecule has 108 valence electrons. The van der Waals surface area contributed by atoms with Crippen molar-refractivity contribution in [2.24, 2.45) is 11.1 Å². The number of hydrogen-bond acceptors (Lipinski definition) is 2. The molecule has 1 unspecified atom stereocenters. The quantitative estimate of drug-likeness (QED) is 0.802. The van der Waals surface area contributed by atoms with Gasteiger partial charge in [0, 0.05) is 18.4 Å². The van der Waals surface area contributed by atoms with Crippen LogP contribution in [-0.4, -0.2) is 23.4 Å². The molecule has 0 heterocycles. The molecule has 5 heteroatoms. The van der Waals surface area contributed by atoms with E-state index >= 15 is 0 Å². The van der Waals surface area contributed by atoms with Crippen LogP contribution in [0.1, 0.15) is 58.3 Å². The molecule has 0 amide bonds. The lowest BCUT2D eigenvalue weighted by Gasteiger charge is -2.47. The van der Waals surface area contributed by atoms with E-state index in [1.807, 2.05) is 0 Å². The monoisotopic (exact) mass is 267 g/mol. The summed E-state index contributed by atoms with van der Waals surface area (Å²) in [5.41, 5.74) is 4.32. The molecule has 0 aromatic rings. The molecule has 0 radical (unpaired) electrons. The average Bonchev–Trinajstić information content (AvgIpc) is 2.27. The number of aliphatic hydroxyl groups is 1. The predicted octanol–water partition coefficient (Wildman–Crippen LogP) is 3.38. The zero-order valence-electron chi connectivity index (χ0n) is 11.0. The maximum absolute atomic E-state index is 12.1. The highest BCUT2D eigenvalue weighted by molar-refractivity contribution is 4.98. The summed E-state index contributed by atoms with van der Waals surface area (Å²) < 4.78 is 36.4. The number of hydrogen-bond donors (Lipinski definition) is 2. The summed E-state index contributed by atoms with van der Waals surface area (Å²) in [4.78, 5) is 0. The Bertz CT molecular complexity index is 257. The van der Waals surface area contributed by atoms with E-state index < -0.39 is 23.6 Å². The molecular formula is C13H24F3NO. The van der Waals surface area contributed by atoms with Gasteiger partial charge in [-0.3, -0.25) is 0 Å². The molecule has 1 atom stereocenters. The summed E-state index contributed by atoms with van der Waals surface area (Å²) in [6.07, 6.45) is -0.0467. The molecule has 0 aromatic carbocycles. The Morgan fingerprint density at radius 1 is 1.11 bits per heavy atom. The minimum atomic E-state index is -4.14. The van der Waals surface area contributed by atoms with Crippen LogP contribution in [0, 0.1) is 5.41 Å². The Balaban J connectivity index is 2.59. The van der Waals surface area contributed by atoms with E-state index in [0.717, 1.165) is 32.1 Å². The second-order valence-corrected chi connectivity index (χ2v) is 5.79. The van der Waals surface area contributed by atoms with Crippen LogP contribution in [0.5, 0.6) is 0 Å². The van der Waals surface area contributed by atoms with Crippen molar-refractivity contribution in [3.8, 4) is 0 Å². The van der Waals surface area contributed by atoms with Gasteiger partial charge in [0.1, 0.15) is 0 Å². The molecule has 1 aliphatic carbocycles. The fourth-order valence-electron chi connectivity index (χ4n) is 3.09. The first-order valence-corrected chi connectivity index (χ1v) is 6.72. The SMILES string of the molecule is CC(O)(CCCC(F)(F)F)C1(CN)CCCCC1. The van der Waals surface area contributed by atoms with Crippen LogP contribution in [0.4, 0.5) is 13.2 Å². The van der Waals surface area contributed by atoms with Crippen LogP contribution in [0.15, 0.2) is 0 Å². The van der Waals surface area contributed by atoms with E-state index in [2.05, 4.69) is 0 Å². The van der Waals surface area contributed by atoms with Crippen LogP contribution >= 0.6 is 0 Å². The molecule has 1 aliphatic rings. The van der Waals surface area contributed by atoms with Gasteiger partial charge in [-0.1, -0.05) is 19.3 Å². The van der Waals surface area contributed by atoms with Crippen LogP contribution in [0.2, 0.25) is 0 Å². The van der Waals surface area contributed by atoms with Crippen LogP contribution in [-0.2, 0) is 0 Å². The van der Waals surface area contributed by atoms with Crippen molar-refractivity contribution in [3.63, 3.8) is 0 Å². The van der Waals surface area contributed by atoms with Gasteiger partial charge in [-0.25, -0.2) is 0 Å². The van der Waals surface area contributed by atoms with Gasteiger partial charge in [0.2, 0.25) is 0 Å². The maximum Gasteiger partial charge on any atom is 0.389 e. The average molecular weight is 267 g/mol. The van der Waals surface area contributed by atoms with Gasteiger partial charge in [-0.2, -0.15) is 13.2 Å². The highest BCUT2D eigenvalue weighted by atomic mass is 19.4. The Hall–Kier alpha value is -0.290. The van der Waals surface area contributed by atoms with Gasteiger partial charge in [-0.05, 0) is 32.6 Å². The first-order valence-electron chi connectivity index (χ1n) is 6.72. The molecule has 0 aliphatic heterocycles. The van der Waals surface area contributed by atoms with Crippen molar-refractivity contribution in [2.75, 3.05) is 6.54 Å². The molecule has 1 saturated carbocycles. The highest BCUT2D eigenvalue weighted by Gasteiger charge is 2.46. The Morgan fingerprint density at radius 3 is 2.11 bits per heavy atom. The molecule has 0 saturated heterocycles. The molecule has 0 aromatic heterocycles. The first-order chi connectivity index (χ1) is 8.22. The molecule has 18 heavy (non-hydrogen) atoms. The minimum Gasteiger partial charge on any atom is -0.390 e. The van der Waals surface area contributed by atoms with Gasteiger partial charge in [0.25, 0.3) is 0 Å². The fourth-order valence-corrected chi connectivity index (χ4v) is 3.09. The summed E-state index contributed by atoms with van der Waals surface area (Å²) in [5, 5.41) is 10.5. The summed E-state index contributed by atoms with van der Waals surface area (Å²) in [6.45, 7) is 2.01. The largest absolute Gasteiger partial charge is 0.390 e. The summed E-state index contributed by atoms with van der Waals surface area (Å²) >= 11 is 0. The van der Waals surface area contributed by atoms with Crippen molar-refractivity contribution < 1.29 is 18.3 Å². The smallest absolute Gasteiger partial charge is 0.389 e. The number of halogens is 3. The Kier molecular flexibility index (Phi) is 5.06. The normalized spacial score (nSPS) is 23.7. The van der Waals surface area contributed by atoms with Gasteiger partial charge in [0.15, 0.2) is 0 Å². The summed E-state index contributed by atoms with van der Waals surface area (Å²) in [6, 6.07) is 0. The van der Waals surface area contributed by atoms with Crippen LogP contribution < -0.4 is 5.73 Å². The molecule has 2 nitrogen and oxygen atoms in total. The third-order valence-corrected chi connectivity index (χ3v) is 4.47. The van der Waals surface area contributed by atoms with Crippen LogP contribution in [0.25, 0.3) is 0 Å². The molecule has 1 fully saturated rings. The van der Waals surface area contributed by atoms with Crippen molar-refractivity contribution >= 4 is 0 Å². The van der Waals surface area contributed by atoms with E-state index in [1.165, 1.54) is 0 Å². The summed E-state index contributed by atoms with van der Waals surface area (Å²) in [7, 11) is 0. The van der Waals surface area contributed by atoms with Crippen molar-refractivity contribution in [1.29, 1.82) is 0 Å². The van der Waals surface area contributed by atoms with E-state index in [0.29, 0.717) is 6.54 Å². The molecule has 1 rings (SSSR count).